The van der Waals surface area contributed by atoms with Crippen molar-refractivity contribution in [2.24, 2.45) is 0 Å². The number of aromatic nitrogens is 1. The molecule has 0 atom stereocenters. The molecule has 0 fully saturated rings. The zero-order valence-corrected chi connectivity index (χ0v) is 14.0. The van der Waals surface area contributed by atoms with Crippen molar-refractivity contribution in [1.29, 1.82) is 0 Å². The molecular weight excluding hydrogens is 320 g/mol. The van der Waals surface area contributed by atoms with Crippen molar-refractivity contribution in [3.8, 4) is 22.8 Å². The minimum absolute atomic E-state index is 0.122. The molecule has 0 spiro atoms. The van der Waals surface area contributed by atoms with Gasteiger partial charge in [0.05, 0.1) is 26.3 Å². The number of methoxy groups -OCH3 is 2. The summed E-state index contributed by atoms with van der Waals surface area (Å²) in [5, 5.41) is 6.77. The molecule has 3 aromatic rings. The highest BCUT2D eigenvalue weighted by Crippen LogP contribution is 2.23. The number of hydrogen-bond acceptors (Lipinski definition) is 5. The number of benzene rings is 2. The van der Waals surface area contributed by atoms with E-state index in [1.165, 1.54) is 0 Å². The monoisotopic (exact) mass is 338 g/mol. The van der Waals surface area contributed by atoms with Crippen molar-refractivity contribution >= 4 is 11.6 Å². The Morgan fingerprint density at radius 3 is 2.52 bits per heavy atom. The molecule has 0 saturated heterocycles. The van der Waals surface area contributed by atoms with Gasteiger partial charge in [0.1, 0.15) is 11.5 Å². The Morgan fingerprint density at radius 2 is 1.80 bits per heavy atom. The Labute approximate surface area is 145 Å². The van der Waals surface area contributed by atoms with Gasteiger partial charge in [-0.2, -0.15) is 0 Å². The second kappa shape index (κ2) is 7.53. The van der Waals surface area contributed by atoms with Gasteiger partial charge in [-0.3, -0.25) is 4.79 Å². The number of anilines is 1. The highest BCUT2D eigenvalue weighted by molar-refractivity contribution is 5.92. The molecule has 3 rings (SSSR count). The van der Waals surface area contributed by atoms with Crippen molar-refractivity contribution in [2.45, 2.75) is 6.42 Å². The van der Waals surface area contributed by atoms with Crippen LogP contribution < -0.4 is 14.8 Å². The van der Waals surface area contributed by atoms with E-state index >= 15 is 0 Å². The normalized spacial score (nSPS) is 10.3. The molecule has 1 heterocycles. The highest BCUT2D eigenvalue weighted by atomic mass is 16.5. The minimum atomic E-state index is -0.178. The van der Waals surface area contributed by atoms with E-state index in [1.54, 1.807) is 32.4 Å². The number of carbonyl (C=O) groups is 1. The molecule has 1 N–H and O–H groups in total. The van der Waals surface area contributed by atoms with E-state index in [0.717, 1.165) is 11.3 Å². The van der Waals surface area contributed by atoms with Crippen LogP contribution >= 0.6 is 0 Å². The second-order valence-corrected chi connectivity index (χ2v) is 5.37. The molecule has 6 heteroatoms. The van der Waals surface area contributed by atoms with Gasteiger partial charge < -0.3 is 19.3 Å². The van der Waals surface area contributed by atoms with Crippen LogP contribution in [0.3, 0.4) is 0 Å². The number of carbonyl (C=O) groups excluding carboxylic acids is 1. The van der Waals surface area contributed by atoms with E-state index < -0.39 is 0 Å². The summed E-state index contributed by atoms with van der Waals surface area (Å²) in [5.74, 6) is 1.87. The number of rotatable bonds is 6. The standard InChI is InChI=1S/C19H18N2O4/c1-23-16-8-6-13(7-9-16)18-11-15(21-25-18)12-19(22)20-14-4-3-5-17(10-14)24-2/h3-11H,12H2,1-2H3,(H,20,22). The third-order valence-electron chi connectivity index (χ3n) is 3.63. The van der Waals surface area contributed by atoms with Crippen LogP contribution in [0.25, 0.3) is 11.3 Å². The average Bonchev–Trinajstić information content (AvgIpc) is 3.10. The molecule has 0 saturated carbocycles. The molecule has 6 nitrogen and oxygen atoms in total. The third kappa shape index (κ3) is 4.17. The van der Waals surface area contributed by atoms with Gasteiger partial charge in [0, 0.05) is 23.4 Å². The maximum atomic E-state index is 12.2. The van der Waals surface area contributed by atoms with Gasteiger partial charge >= 0.3 is 0 Å². The molecule has 128 valence electrons. The smallest absolute Gasteiger partial charge is 0.230 e. The highest BCUT2D eigenvalue weighted by Gasteiger charge is 2.11. The van der Waals surface area contributed by atoms with Gasteiger partial charge in [-0.05, 0) is 36.4 Å². The Kier molecular flexibility index (Phi) is 4.99. The van der Waals surface area contributed by atoms with Crippen molar-refractivity contribution in [3.05, 3.63) is 60.3 Å². The molecular formula is C19H18N2O4. The van der Waals surface area contributed by atoms with E-state index in [4.69, 9.17) is 14.0 Å². The van der Waals surface area contributed by atoms with Gasteiger partial charge in [0.2, 0.25) is 5.91 Å². The summed E-state index contributed by atoms with van der Waals surface area (Å²) in [6, 6.07) is 16.4. The molecule has 1 amide bonds. The molecule has 0 radical (unpaired) electrons. The lowest BCUT2D eigenvalue weighted by Crippen LogP contribution is -2.14. The lowest BCUT2D eigenvalue weighted by atomic mass is 10.1. The first-order valence-electron chi connectivity index (χ1n) is 7.72. The lowest BCUT2D eigenvalue weighted by molar-refractivity contribution is -0.115. The topological polar surface area (TPSA) is 73.6 Å². The van der Waals surface area contributed by atoms with E-state index in [1.807, 2.05) is 36.4 Å². The fourth-order valence-electron chi connectivity index (χ4n) is 2.36. The molecule has 1 aromatic heterocycles. The molecule has 0 unspecified atom stereocenters. The number of amides is 1. The van der Waals surface area contributed by atoms with E-state index in [2.05, 4.69) is 10.5 Å². The average molecular weight is 338 g/mol. The molecule has 25 heavy (non-hydrogen) atoms. The predicted molar refractivity (Wildman–Crippen MR) is 93.8 cm³/mol. The number of nitrogens with zero attached hydrogens (tertiary/aromatic N) is 1. The van der Waals surface area contributed by atoms with Crippen LogP contribution in [-0.2, 0) is 11.2 Å². The summed E-state index contributed by atoms with van der Waals surface area (Å²) in [6.45, 7) is 0. The minimum Gasteiger partial charge on any atom is -0.497 e. The SMILES string of the molecule is COc1ccc(-c2cc(CC(=O)Nc3cccc(OC)c3)no2)cc1. The molecule has 0 bridgehead atoms. The van der Waals surface area contributed by atoms with Crippen LogP contribution in [0.1, 0.15) is 5.69 Å². The molecule has 0 aliphatic heterocycles. The summed E-state index contributed by atoms with van der Waals surface area (Å²) in [6.07, 6.45) is 0.122. The molecule has 0 aliphatic carbocycles. The van der Waals surface area contributed by atoms with Crippen LogP contribution in [-0.4, -0.2) is 25.3 Å². The molecule has 0 aliphatic rings. The molecule has 2 aromatic carbocycles. The Balaban J connectivity index is 1.64. The van der Waals surface area contributed by atoms with Crippen LogP contribution in [0.15, 0.2) is 59.1 Å². The van der Waals surface area contributed by atoms with Crippen LogP contribution in [0, 0.1) is 0 Å². The Morgan fingerprint density at radius 1 is 1.04 bits per heavy atom. The maximum Gasteiger partial charge on any atom is 0.230 e. The maximum absolute atomic E-state index is 12.2. The van der Waals surface area contributed by atoms with Crippen molar-refractivity contribution in [1.82, 2.24) is 5.16 Å². The van der Waals surface area contributed by atoms with E-state index in [0.29, 0.717) is 22.9 Å². The summed E-state index contributed by atoms with van der Waals surface area (Å²) >= 11 is 0. The summed E-state index contributed by atoms with van der Waals surface area (Å²) in [7, 11) is 3.19. The van der Waals surface area contributed by atoms with Crippen LogP contribution in [0.4, 0.5) is 5.69 Å². The van der Waals surface area contributed by atoms with Gasteiger partial charge in [-0.15, -0.1) is 0 Å². The van der Waals surface area contributed by atoms with Gasteiger partial charge in [-0.1, -0.05) is 11.2 Å². The predicted octanol–water partition coefficient (Wildman–Crippen LogP) is 3.54. The van der Waals surface area contributed by atoms with Gasteiger partial charge in [-0.25, -0.2) is 0 Å². The summed E-state index contributed by atoms with van der Waals surface area (Å²) in [5.41, 5.74) is 2.10. The van der Waals surface area contributed by atoms with Crippen molar-refractivity contribution < 1.29 is 18.8 Å². The fraction of sp³-hybridized carbons (Fsp3) is 0.158. The van der Waals surface area contributed by atoms with Gasteiger partial charge in [0.15, 0.2) is 5.76 Å². The summed E-state index contributed by atoms with van der Waals surface area (Å²) < 4.78 is 15.6. The van der Waals surface area contributed by atoms with Crippen molar-refractivity contribution in [3.63, 3.8) is 0 Å². The van der Waals surface area contributed by atoms with E-state index in [9.17, 15) is 4.79 Å². The second-order valence-electron chi connectivity index (χ2n) is 5.37. The first kappa shape index (κ1) is 16.6. The first-order chi connectivity index (χ1) is 12.2. The Hall–Kier alpha value is -3.28. The van der Waals surface area contributed by atoms with Crippen molar-refractivity contribution in [2.75, 3.05) is 19.5 Å². The summed E-state index contributed by atoms with van der Waals surface area (Å²) in [4.78, 5) is 12.2. The number of hydrogen-bond donors (Lipinski definition) is 1. The van der Waals surface area contributed by atoms with Gasteiger partial charge in [0.25, 0.3) is 0 Å². The zero-order chi connectivity index (χ0) is 17.6. The largest absolute Gasteiger partial charge is 0.497 e. The van der Waals surface area contributed by atoms with Crippen LogP contribution in [0.5, 0.6) is 11.5 Å². The van der Waals surface area contributed by atoms with Crippen LogP contribution in [0.2, 0.25) is 0 Å². The third-order valence-corrected chi connectivity index (χ3v) is 3.63. The zero-order valence-electron chi connectivity index (χ0n) is 14.0. The quantitative estimate of drug-likeness (QED) is 0.744. The first-order valence-corrected chi connectivity index (χ1v) is 7.72. The van der Waals surface area contributed by atoms with E-state index in [-0.39, 0.29) is 12.3 Å². The lowest BCUT2D eigenvalue weighted by Gasteiger charge is -2.05. The Bertz CT molecular complexity index is 856. The number of ether oxygens (including phenoxy) is 2. The number of nitrogens with one attached hydrogen (secondary N) is 1. The fourth-order valence-corrected chi connectivity index (χ4v) is 2.36.